The highest BCUT2D eigenvalue weighted by molar-refractivity contribution is 6.00. The number of nitrogens with zero attached hydrogens (tertiary/aromatic N) is 10. The highest BCUT2D eigenvalue weighted by atomic mass is 19.3. The number of likely N-dealkylation sites (tertiary alicyclic amines) is 1. The second-order valence-electron chi connectivity index (χ2n) is 18.1. The van der Waals surface area contributed by atoms with Crippen LogP contribution in [0.3, 0.4) is 0 Å². The maximum atomic E-state index is 14.7. The van der Waals surface area contributed by atoms with E-state index in [1.165, 1.54) is 9.13 Å². The summed E-state index contributed by atoms with van der Waals surface area (Å²) in [7, 11) is 3.47. The third-order valence-electron chi connectivity index (χ3n) is 14.0. The first kappa shape index (κ1) is 43.2. The number of hydrogen-bond donors (Lipinski definition) is 2. The average molecular weight is 901 g/mol. The van der Waals surface area contributed by atoms with Crippen molar-refractivity contribution in [2.24, 2.45) is 14.1 Å². The first-order valence-electron chi connectivity index (χ1n) is 22.9. The lowest BCUT2D eigenvalue weighted by Gasteiger charge is -2.34. The number of piperidine rings is 2. The molecule has 344 valence electrons. The van der Waals surface area contributed by atoms with Crippen LogP contribution in [0.1, 0.15) is 91.2 Å². The number of aromatic nitrogens is 7. The molecule has 2 N–H and O–H groups in total. The van der Waals surface area contributed by atoms with Crippen LogP contribution >= 0.6 is 0 Å². The van der Waals surface area contributed by atoms with Crippen molar-refractivity contribution in [3.63, 3.8) is 0 Å². The number of imide groups is 1. The number of amides is 3. The van der Waals surface area contributed by atoms with Crippen LogP contribution in [0.15, 0.2) is 65.8 Å². The van der Waals surface area contributed by atoms with Crippen LogP contribution in [-0.2, 0) is 60.8 Å². The maximum absolute atomic E-state index is 14.7. The molecule has 16 nitrogen and oxygen atoms in total. The number of anilines is 3. The van der Waals surface area contributed by atoms with E-state index in [9.17, 15) is 28.0 Å². The third-order valence-corrected chi connectivity index (χ3v) is 14.0. The van der Waals surface area contributed by atoms with Crippen LogP contribution in [0, 0.1) is 0 Å². The minimum atomic E-state index is -2.67. The molecule has 66 heavy (non-hydrogen) atoms. The van der Waals surface area contributed by atoms with Crippen LogP contribution in [0.2, 0.25) is 0 Å². The van der Waals surface area contributed by atoms with Gasteiger partial charge in [-0.25, -0.2) is 13.6 Å². The maximum Gasteiger partial charge on any atom is 0.329 e. The summed E-state index contributed by atoms with van der Waals surface area (Å²) in [5.41, 5.74) is 8.77. The van der Waals surface area contributed by atoms with Crippen LogP contribution in [0.25, 0.3) is 22.2 Å². The Labute approximate surface area is 380 Å². The molecular formula is C48H54F2N12O4. The topological polar surface area (TPSA) is 160 Å². The third kappa shape index (κ3) is 8.04. The number of aryl methyl sites for hydroxylation is 3. The zero-order chi connectivity index (χ0) is 45.8. The Morgan fingerprint density at radius 3 is 2.53 bits per heavy atom. The smallest absolute Gasteiger partial charge is 0.329 e. The number of halogens is 2. The molecule has 4 aliphatic heterocycles. The van der Waals surface area contributed by atoms with Crippen molar-refractivity contribution in [2.45, 2.75) is 89.9 Å². The standard InChI is InChI=1S/C48H54F2N12O4/c1-29(63)59-21-16-39-37(28-59)46(60-17-5-6-31-22-35(32-25-53-56(2)27-32)36(45(49)50)23-42(31)60)55-62(39)34-14-19-58(20-15-34)18-13-30-9-10-33(51-24-30)26-52-38-7-4-8-40-44(38)57(3)48(66)61(40)41-11-12-43(64)54-47(41)65/h4,7-10,22-25,27,34,41,45,52H,5-6,11-21,26,28H2,1-3H3,(H,54,64,65). The molecule has 0 spiro atoms. The van der Waals surface area contributed by atoms with E-state index in [1.54, 1.807) is 44.2 Å². The van der Waals surface area contributed by atoms with Crippen LogP contribution in [0.4, 0.5) is 26.0 Å². The molecule has 2 fully saturated rings. The fraction of sp³-hybridized carbons (Fsp3) is 0.438. The molecule has 18 heteroatoms. The van der Waals surface area contributed by atoms with Gasteiger partial charge in [-0.05, 0) is 85.5 Å². The summed E-state index contributed by atoms with van der Waals surface area (Å²) in [5, 5.41) is 15.4. The average Bonchev–Trinajstić information content (AvgIpc) is 4.00. The first-order valence-corrected chi connectivity index (χ1v) is 22.9. The predicted molar refractivity (Wildman–Crippen MR) is 245 cm³/mol. The number of hydrogen-bond acceptors (Lipinski definition) is 10. The number of rotatable bonds is 11. The molecular weight excluding hydrogens is 847 g/mol. The van der Waals surface area contributed by atoms with E-state index in [2.05, 4.69) is 36.3 Å². The number of carbonyl (C=O) groups is 3. The summed E-state index contributed by atoms with van der Waals surface area (Å²) in [4.78, 5) is 61.7. The number of para-hydroxylation sites is 1. The Balaban J connectivity index is 0.798. The molecule has 0 aliphatic carbocycles. The van der Waals surface area contributed by atoms with Gasteiger partial charge in [-0.1, -0.05) is 12.1 Å². The zero-order valence-corrected chi connectivity index (χ0v) is 37.5. The molecule has 0 bridgehead atoms. The highest BCUT2D eigenvalue weighted by Crippen LogP contribution is 2.44. The summed E-state index contributed by atoms with van der Waals surface area (Å²) in [6.07, 6.45) is 8.11. The van der Waals surface area contributed by atoms with Crippen molar-refractivity contribution < 1.29 is 23.2 Å². The number of alkyl halides is 2. The molecule has 8 heterocycles. The SMILES string of the molecule is CC(=O)N1CCc2c(c(N3CCCc4cc(-c5cnn(C)c5)c(C(F)F)cc43)nn2C2CCN(CCc3ccc(CNc4cccc5c4n(C)c(=O)n5C4CCC(=O)NC4=O)nc3)CC2)C1. The Kier molecular flexibility index (Phi) is 11.5. The molecule has 0 radical (unpaired) electrons. The summed E-state index contributed by atoms with van der Waals surface area (Å²) < 4.78 is 36.3. The molecule has 4 aromatic heterocycles. The van der Waals surface area contributed by atoms with Crippen LogP contribution < -0.4 is 21.2 Å². The van der Waals surface area contributed by atoms with Crippen molar-refractivity contribution in [3.8, 4) is 11.1 Å². The molecule has 10 rings (SSSR count). The number of imidazole rings is 1. The fourth-order valence-electron chi connectivity index (χ4n) is 10.5. The number of nitrogens with one attached hydrogen (secondary N) is 2. The van der Waals surface area contributed by atoms with Crippen molar-refractivity contribution in [1.82, 2.24) is 48.8 Å². The molecule has 1 unspecified atom stereocenters. The van der Waals surface area contributed by atoms with Crippen LogP contribution in [0.5, 0.6) is 0 Å². The van der Waals surface area contributed by atoms with E-state index in [0.29, 0.717) is 54.8 Å². The minimum Gasteiger partial charge on any atom is -0.378 e. The van der Waals surface area contributed by atoms with Crippen molar-refractivity contribution in [1.29, 1.82) is 0 Å². The van der Waals surface area contributed by atoms with Gasteiger partial charge in [-0.3, -0.25) is 43.2 Å². The zero-order valence-electron chi connectivity index (χ0n) is 37.5. The van der Waals surface area contributed by atoms with E-state index in [-0.39, 0.29) is 42.0 Å². The van der Waals surface area contributed by atoms with Gasteiger partial charge in [0.05, 0.1) is 47.7 Å². The van der Waals surface area contributed by atoms with Gasteiger partial charge in [0.1, 0.15) is 6.04 Å². The Bertz CT molecular complexity index is 2910. The first-order chi connectivity index (χ1) is 31.9. The molecule has 3 amide bonds. The van der Waals surface area contributed by atoms with Gasteiger partial charge in [0.25, 0.3) is 6.43 Å². The Morgan fingerprint density at radius 1 is 0.970 bits per heavy atom. The van der Waals surface area contributed by atoms with Crippen molar-refractivity contribution >= 4 is 45.9 Å². The molecule has 1 atom stereocenters. The molecule has 2 aromatic carbocycles. The fourth-order valence-corrected chi connectivity index (χ4v) is 10.5. The van der Waals surface area contributed by atoms with Gasteiger partial charge in [0, 0.05) is 107 Å². The lowest BCUT2D eigenvalue weighted by Crippen LogP contribution is -2.44. The van der Waals surface area contributed by atoms with E-state index in [1.807, 2.05) is 41.4 Å². The number of carbonyl (C=O) groups excluding carboxylic acids is 3. The van der Waals surface area contributed by atoms with Gasteiger partial charge in [0.2, 0.25) is 17.7 Å². The molecule has 2 saturated heterocycles. The van der Waals surface area contributed by atoms with E-state index >= 15 is 0 Å². The molecule has 6 aromatic rings. The van der Waals surface area contributed by atoms with Crippen molar-refractivity contribution in [3.05, 3.63) is 105 Å². The number of benzene rings is 2. The largest absolute Gasteiger partial charge is 0.378 e. The number of pyridine rings is 1. The predicted octanol–water partition coefficient (Wildman–Crippen LogP) is 5.73. The second kappa shape index (κ2) is 17.6. The van der Waals surface area contributed by atoms with Crippen molar-refractivity contribution in [2.75, 3.05) is 42.9 Å². The van der Waals surface area contributed by atoms with E-state index < -0.39 is 18.4 Å². The van der Waals surface area contributed by atoms with E-state index in [0.717, 1.165) is 97.0 Å². The molecule has 0 saturated carbocycles. The van der Waals surface area contributed by atoms with Gasteiger partial charge in [-0.2, -0.15) is 10.2 Å². The van der Waals surface area contributed by atoms with Gasteiger partial charge >= 0.3 is 5.69 Å². The summed E-state index contributed by atoms with van der Waals surface area (Å²) in [6, 6.07) is 12.7. The lowest BCUT2D eigenvalue weighted by atomic mass is 9.92. The molecule has 4 aliphatic rings. The van der Waals surface area contributed by atoms with Gasteiger partial charge < -0.3 is 20.0 Å². The quantitative estimate of drug-likeness (QED) is 0.154. The Morgan fingerprint density at radius 2 is 1.80 bits per heavy atom. The monoisotopic (exact) mass is 900 g/mol. The van der Waals surface area contributed by atoms with E-state index in [4.69, 9.17) is 10.1 Å². The summed E-state index contributed by atoms with van der Waals surface area (Å²) in [5.74, 6) is -0.0114. The summed E-state index contributed by atoms with van der Waals surface area (Å²) in [6.45, 7) is 6.45. The highest BCUT2D eigenvalue weighted by Gasteiger charge is 2.35. The second-order valence-corrected chi connectivity index (χ2v) is 18.1. The lowest BCUT2D eigenvalue weighted by molar-refractivity contribution is -0.135. The summed E-state index contributed by atoms with van der Waals surface area (Å²) >= 11 is 0. The van der Waals surface area contributed by atoms with Crippen LogP contribution in [-0.4, -0.2) is 93.9 Å². The van der Waals surface area contributed by atoms with Gasteiger partial charge in [0.15, 0.2) is 5.82 Å². The Hall–Kier alpha value is -6.69. The normalized spacial score (nSPS) is 18.2. The minimum absolute atomic E-state index is 0.0118. The number of fused-ring (bicyclic) bond motifs is 3. The van der Waals surface area contributed by atoms with Gasteiger partial charge in [-0.15, -0.1) is 0 Å².